The fraction of sp³-hybridized carbons (Fsp3) is 0.462. The van der Waals surface area contributed by atoms with Gasteiger partial charge in [-0.1, -0.05) is 0 Å². The van der Waals surface area contributed by atoms with Crippen molar-refractivity contribution in [2.75, 3.05) is 26.9 Å². The van der Waals surface area contributed by atoms with E-state index in [-0.39, 0.29) is 24.4 Å². The van der Waals surface area contributed by atoms with E-state index in [1.54, 1.807) is 6.92 Å². The number of benzene rings is 1. The summed E-state index contributed by atoms with van der Waals surface area (Å²) in [5.74, 6) is -0.138. The zero-order valence-electron chi connectivity index (χ0n) is 11.1. The lowest BCUT2D eigenvalue weighted by Gasteiger charge is -2.17. The maximum absolute atomic E-state index is 13.2. The summed E-state index contributed by atoms with van der Waals surface area (Å²) in [5, 5.41) is 2.71. The standard InChI is InChI=1S/C13H19FN2O3/c1-9(16-13(17)8-19-6-5-15)11-7-10(14)3-4-12(11)18-2/h3-4,7,9H,5-6,8,15H2,1-2H3,(H,16,17). The summed E-state index contributed by atoms with van der Waals surface area (Å²) >= 11 is 0. The maximum atomic E-state index is 13.2. The fourth-order valence-electron chi connectivity index (χ4n) is 1.65. The smallest absolute Gasteiger partial charge is 0.246 e. The molecule has 3 N–H and O–H groups in total. The van der Waals surface area contributed by atoms with Crippen LogP contribution in [-0.4, -0.2) is 32.8 Å². The average molecular weight is 270 g/mol. The molecule has 0 saturated heterocycles. The van der Waals surface area contributed by atoms with Crippen LogP contribution in [0.4, 0.5) is 4.39 Å². The third kappa shape index (κ3) is 4.84. The van der Waals surface area contributed by atoms with E-state index >= 15 is 0 Å². The minimum absolute atomic E-state index is 0.0703. The second-order valence-electron chi connectivity index (χ2n) is 4.02. The average Bonchev–Trinajstić information content (AvgIpc) is 2.39. The van der Waals surface area contributed by atoms with E-state index < -0.39 is 0 Å². The van der Waals surface area contributed by atoms with Crippen LogP contribution >= 0.6 is 0 Å². The summed E-state index contributed by atoms with van der Waals surface area (Å²) in [7, 11) is 1.50. The number of nitrogens with two attached hydrogens (primary N) is 1. The number of carbonyl (C=O) groups is 1. The van der Waals surface area contributed by atoms with Crippen molar-refractivity contribution >= 4 is 5.91 Å². The molecule has 0 aromatic heterocycles. The van der Waals surface area contributed by atoms with E-state index in [0.717, 1.165) is 0 Å². The van der Waals surface area contributed by atoms with Crippen LogP contribution in [0.15, 0.2) is 18.2 Å². The van der Waals surface area contributed by atoms with Gasteiger partial charge < -0.3 is 20.5 Å². The zero-order valence-corrected chi connectivity index (χ0v) is 11.1. The van der Waals surface area contributed by atoms with Crippen molar-refractivity contribution in [3.05, 3.63) is 29.6 Å². The van der Waals surface area contributed by atoms with Gasteiger partial charge in [-0.2, -0.15) is 0 Å². The number of amides is 1. The summed E-state index contributed by atoms with van der Waals surface area (Å²) in [6, 6.07) is 3.80. The first kappa shape index (κ1) is 15.4. The predicted molar refractivity (Wildman–Crippen MR) is 69.4 cm³/mol. The molecule has 0 aliphatic heterocycles. The largest absolute Gasteiger partial charge is 0.496 e. The summed E-state index contributed by atoms with van der Waals surface area (Å²) in [4.78, 5) is 11.6. The van der Waals surface area contributed by atoms with Crippen molar-refractivity contribution in [2.24, 2.45) is 5.73 Å². The number of methoxy groups -OCH3 is 1. The molecule has 0 fully saturated rings. The maximum Gasteiger partial charge on any atom is 0.246 e. The van der Waals surface area contributed by atoms with Crippen LogP contribution in [-0.2, 0) is 9.53 Å². The fourth-order valence-corrected chi connectivity index (χ4v) is 1.65. The lowest BCUT2D eigenvalue weighted by molar-refractivity contribution is -0.126. The van der Waals surface area contributed by atoms with E-state index in [2.05, 4.69) is 5.32 Å². The van der Waals surface area contributed by atoms with Crippen molar-refractivity contribution in [1.82, 2.24) is 5.32 Å². The molecule has 5 nitrogen and oxygen atoms in total. The molecule has 1 aromatic carbocycles. The number of carbonyl (C=O) groups excluding carboxylic acids is 1. The molecule has 1 rings (SSSR count). The van der Waals surface area contributed by atoms with Crippen molar-refractivity contribution in [2.45, 2.75) is 13.0 Å². The molecule has 1 atom stereocenters. The van der Waals surface area contributed by atoms with Crippen LogP contribution < -0.4 is 15.8 Å². The van der Waals surface area contributed by atoms with Crippen LogP contribution in [0.2, 0.25) is 0 Å². The molecule has 0 aliphatic rings. The highest BCUT2D eigenvalue weighted by Gasteiger charge is 2.14. The van der Waals surface area contributed by atoms with Gasteiger partial charge in [0.15, 0.2) is 0 Å². The Balaban J connectivity index is 2.64. The Morgan fingerprint density at radius 1 is 1.53 bits per heavy atom. The molecule has 0 aliphatic carbocycles. The lowest BCUT2D eigenvalue weighted by atomic mass is 10.1. The highest BCUT2D eigenvalue weighted by molar-refractivity contribution is 5.77. The Bertz CT molecular complexity index is 426. The van der Waals surface area contributed by atoms with Crippen molar-refractivity contribution in [3.8, 4) is 5.75 Å². The third-order valence-corrected chi connectivity index (χ3v) is 2.53. The molecule has 1 aromatic rings. The van der Waals surface area contributed by atoms with Gasteiger partial charge in [-0.25, -0.2) is 4.39 Å². The van der Waals surface area contributed by atoms with E-state index in [1.165, 1.54) is 25.3 Å². The SMILES string of the molecule is COc1ccc(F)cc1C(C)NC(=O)COCCN. The van der Waals surface area contributed by atoms with Crippen LogP contribution in [0.25, 0.3) is 0 Å². The molecule has 0 spiro atoms. The second-order valence-corrected chi connectivity index (χ2v) is 4.02. The lowest BCUT2D eigenvalue weighted by Crippen LogP contribution is -2.31. The number of halogens is 1. The van der Waals surface area contributed by atoms with E-state index in [0.29, 0.717) is 24.5 Å². The van der Waals surface area contributed by atoms with Gasteiger partial charge in [0.1, 0.15) is 18.2 Å². The highest BCUT2D eigenvalue weighted by atomic mass is 19.1. The molecule has 1 unspecified atom stereocenters. The Kier molecular flexibility index (Phi) is 6.24. The molecule has 6 heteroatoms. The zero-order chi connectivity index (χ0) is 14.3. The monoisotopic (exact) mass is 270 g/mol. The van der Waals surface area contributed by atoms with Gasteiger partial charge in [0, 0.05) is 12.1 Å². The Labute approximate surface area is 111 Å². The van der Waals surface area contributed by atoms with Crippen LogP contribution in [0.3, 0.4) is 0 Å². The van der Waals surface area contributed by atoms with Gasteiger partial charge in [0.2, 0.25) is 5.91 Å². The number of nitrogens with one attached hydrogen (secondary N) is 1. The molecule has 106 valence electrons. The van der Waals surface area contributed by atoms with Crippen molar-refractivity contribution in [3.63, 3.8) is 0 Å². The molecule has 0 bridgehead atoms. The van der Waals surface area contributed by atoms with E-state index in [9.17, 15) is 9.18 Å². The Morgan fingerprint density at radius 3 is 2.89 bits per heavy atom. The molecule has 0 radical (unpaired) electrons. The summed E-state index contributed by atoms with van der Waals surface area (Å²) < 4.78 is 23.4. The number of hydrogen-bond acceptors (Lipinski definition) is 4. The van der Waals surface area contributed by atoms with Crippen LogP contribution in [0, 0.1) is 5.82 Å². The van der Waals surface area contributed by atoms with Gasteiger partial charge in [-0.3, -0.25) is 4.79 Å². The highest BCUT2D eigenvalue weighted by Crippen LogP contribution is 2.25. The molecule has 1 amide bonds. The van der Waals surface area contributed by atoms with Crippen molar-refractivity contribution < 1.29 is 18.7 Å². The minimum atomic E-state index is -0.378. The van der Waals surface area contributed by atoms with Crippen molar-refractivity contribution in [1.29, 1.82) is 0 Å². The number of hydrogen-bond donors (Lipinski definition) is 2. The second kappa shape index (κ2) is 7.70. The topological polar surface area (TPSA) is 73.6 Å². The van der Waals surface area contributed by atoms with Gasteiger partial charge in [0.25, 0.3) is 0 Å². The minimum Gasteiger partial charge on any atom is -0.496 e. The van der Waals surface area contributed by atoms with E-state index in [4.69, 9.17) is 15.2 Å². The summed E-state index contributed by atoms with van der Waals surface area (Å²) in [6.07, 6.45) is 0. The summed E-state index contributed by atoms with van der Waals surface area (Å²) in [5.41, 5.74) is 5.83. The van der Waals surface area contributed by atoms with Gasteiger partial charge >= 0.3 is 0 Å². The van der Waals surface area contributed by atoms with Gasteiger partial charge in [-0.15, -0.1) is 0 Å². The summed E-state index contributed by atoms with van der Waals surface area (Å²) in [6.45, 7) is 2.36. The van der Waals surface area contributed by atoms with Gasteiger partial charge in [0.05, 0.1) is 19.8 Å². The van der Waals surface area contributed by atoms with E-state index in [1.807, 2.05) is 0 Å². The number of ether oxygens (including phenoxy) is 2. The first-order valence-corrected chi connectivity index (χ1v) is 5.99. The molecular weight excluding hydrogens is 251 g/mol. The first-order valence-electron chi connectivity index (χ1n) is 5.99. The number of rotatable bonds is 7. The Hall–Kier alpha value is -1.66. The van der Waals surface area contributed by atoms with Crippen LogP contribution in [0.5, 0.6) is 5.75 Å². The van der Waals surface area contributed by atoms with Crippen LogP contribution in [0.1, 0.15) is 18.5 Å². The quantitative estimate of drug-likeness (QED) is 0.725. The predicted octanol–water partition coefficient (Wildman–Crippen LogP) is 0.987. The first-order chi connectivity index (χ1) is 9.08. The molecular formula is C13H19FN2O3. The normalized spacial score (nSPS) is 12.0. The van der Waals surface area contributed by atoms with Gasteiger partial charge in [-0.05, 0) is 25.1 Å². The molecule has 0 saturated carbocycles. The Morgan fingerprint density at radius 2 is 2.26 bits per heavy atom. The third-order valence-electron chi connectivity index (χ3n) is 2.53. The molecule has 19 heavy (non-hydrogen) atoms. The molecule has 0 heterocycles.